The molecule has 4 rings (SSSR count). The Kier molecular flexibility index (Phi) is 6.77. The van der Waals surface area contributed by atoms with E-state index in [-0.39, 0.29) is 17.9 Å². The lowest BCUT2D eigenvalue weighted by molar-refractivity contribution is -0.135. The number of ether oxygens (including phenoxy) is 1. The van der Waals surface area contributed by atoms with Crippen molar-refractivity contribution in [1.82, 2.24) is 19.7 Å². The fourth-order valence-electron chi connectivity index (χ4n) is 4.72. The van der Waals surface area contributed by atoms with E-state index in [1.807, 2.05) is 22.1 Å². The van der Waals surface area contributed by atoms with Crippen LogP contribution in [0, 0.1) is 5.92 Å². The molecule has 0 N–H and O–H groups in total. The van der Waals surface area contributed by atoms with Crippen molar-refractivity contribution in [2.24, 2.45) is 5.92 Å². The minimum absolute atomic E-state index is 0.169. The summed E-state index contributed by atoms with van der Waals surface area (Å²) in [5.74, 6) is 0.698. The number of carbonyl (C=O) groups is 2. The Morgan fingerprint density at radius 3 is 2.97 bits per heavy atom. The zero-order valence-corrected chi connectivity index (χ0v) is 17.2. The maximum absolute atomic E-state index is 13.0. The molecule has 0 aromatic carbocycles. The number of fused-ring (bicyclic) bond motifs is 3. The quantitative estimate of drug-likeness (QED) is 0.750. The second kappa shape index (κ2) is 9.67. The molecule has 0 saturated carbocycles. The standard InChI is InChI=1S/C22H32N4O3/c27-21-6-2-1-3-9-24(21)10-7-22(28)26-14-19-13-25(20(15-26)17-29-16-19)12-18-5-4-8-23-11-18/h4-5,8,11,19-20H,1-3,6-7,9-10,12-17H2/t19-,20+/m1/s1. The van der Waals surface area contributed by atoms with Gasteiger partial charge in [-0.15, -0.1) is 0 Å². The number of hydrogen-bond donors (Lipinski definition) is 0. The molecule has 0 spiro atoms. The van der Waals surface area contributed by atoms with Crippen LogP contribution in [0.25, 0.3) is 0 Å². The van der Waals surface area contributed by atoms with Crippen molar-refractivity contribution in [2.45, 2.75) is 44.7 Å². The van der Waals surface area contributed by atoms with E-state index < -0.39 is 0 Å². The Balaban J connectivity index is 1.36. The molecular formula is C22H32N4O3. The molecule has 158 valence electrons. The van der Waals surface area contributed by atoms with E-state index in [0.29, 0.717) is 45.1 Å². The molecule has 2 atom stereocenters. The van der Waals surface area contributed by atoms with Gasteiger partial charge in [0.15, 0.2) is 0 Å². The average molecular weight is 401 g/mol. The molecule has 0 aliphatic carbocycles. The first-order chi connectivity index (χ1) is 14.2. The van der Waals surface area contributed by atoms with Crippen molar-refractivity contribution in [3.63, 3.8) is 0 Å². The van der Waals surface area contributed by atoms with Gasteiger partial charge in [0.05, 0.1) is 19.3 Å². The van der Waals surface area contributed by atoms with Crippen LogP contribution in [0.3, 0.4) is 0 Å². The molecule has 0 radical (unpaired) electrons. The Hall–Kier alpha value is -1.99. The van der Waals surface area contributed by atoms with E-state index in [9.17, 15) is 9.59 Å². The SMILES string of the molecule is O=C1CCCCCN1CCC(=O)N1C[C@@H]2COC[C@H](C1)N(Cc1cccnc1)C2. The number of aromatic nitrogens is 1. The fourth-order valence-corrected chi connectivity index (χ4v) is 4.72. The van der Waals surface area contributed by atoms with Crippen molar-refractivity contribution >= 4 is 11.8 Å². The summed E-state index contributed by atoms with van der Waals surface area (Å²) in [6, 6.07) is 4.27. The van der Waals surface area contributed by atoms with Crippen LogP contribution in [0.4, 0.5) is 0 Å². The van der Waals surface area contributed by atoms with Crippen LogP contribution in [0.2, 0.25) is 0 Å². The normalized spacial score (nSPS) is 26.1. The lowest BCUT2D eigenvalue weighted by Gasteiger charge is -2.32. The molecule has 4 heterocycles. The van der Waals surface area contributed by atoms with Gasteiger partial charge in [-0.05, 0) is 24.5 Å². The summed E-state index contributed by atoms with van der Waals surface area (Å²) in [6.07, 6.45) is 7.90. The zero-order valence-electron chi connectivity index (χ0n) is 17.2. The summed E-state index contributed by atoms with van der Waals surface area (Å²) in [5, 5.41) is 0. The number of carbonyl (C=O) groups excluding carboxylic acids is 2. The third kappa shape index (κ3) is 5.34. The summed E-state index contributed by atoms with van der Waals surface area (Å²) in [5.41, 5.74) is 1.19. The highest BCUT2D eigenvalue weighted by Gasteiger charge is 2.35. The van der Waals surface area contributed by atoms with Gasteiger partial charge in [0.2, 0.25) is 11.8 Å². The lowest BCUT2D eigenvalue weighted by Crippen LogP contribution is -2.46. The Morgan fingerprint density at radius 2 is 2.10 bits per heavy atom. The molecular weight excluding hydrogens is 368 g/mol. The molecule has 1 aromatic heterocycles. The summed E-state index contributed by atoms with van der Waals surface area (Å²) in [6.45, 7) is 5.93. The zero-order chi connectivity index (χ0) is 20.1. The smallest absolute Gasteiger partial charge is 0.224 e. The maximum atomic E-state index is 13.0. The number of likely N-dealkylation sites (tertiary alicyclic amines) is 1. The molecule has 3 aliphatic rings. The van der Waals surface area contributed by atoms with Crippen LogP contribution < -0.4 is 0 Å². The summed E-state index contributed by atoms with van der Waals surface area (Å²) >= 11 is 0. The van der Waals surface area contributed by atoms with Gasteiger partial charge in [-0.1, -0.05) is 12.5 Å². The predicted molar refractivity (Wildman–Crippen MR) is 109 cm³/mol. The van der Waals surface area contributed by atoms with Crippen LogP contribution in [-0.4, -0.2) is 83.5 Å². The van der Waals surface area contributed by atoms with Crippen molar-refractivity contribution < 1.29 is 14.3 Å². The monoisotopic (exact) mass is 400 g/mol. The molecule has 3 aliphatic heterocycles. The van der Waals surface area contributed by atoms with E-state index in [1.54, 1.807) is 6.20 Å². The maximum Gasteiger partial charge on any atom is 0.224 e. The van der Waals surface area contributed by atoms with Gasteiger partial charge < -0.3 is 14.5 Å². The molecule has 3 saturated heterocycles. The van der Waals surface area contributed by atoms with Gasteiger partial charge in [-0.25, -0.2) is 0 Å². The molecule has 29 heavy (non-hydrogen) atoms. The van der Waals surface area contributed by atoms with E-state index in [0.717, 1.165) is 45.4 Å². The van der Waals surface area contributed by atoms with Crippen molar-refractivity contribution in [1.29, 1.82) is 0 Å². The van der Waals surface area contributed by atoms with Gasteiger partial charge in [0, 0.05) is 70.4 Å². The molecule has 1 aromatic rings. The third-order valence-electron chi connectivity index (χ3n) is 6.31. The minimum atomic E-state index is 0.169. The van der Waals surface area contributed by atoms with Gasteiger partial charge in [0.25, 0.3) is 0 Å². The van der Waals surface area contributed by atoms with Crippen LogP contribution in [0.5, 0.6) is 0 Å². The van der Waals surface area contributed by atoms with Crippen LogP contribution in [0.15, 0.2) is 24.5 Å². The topological polar surface area (TPSA) is 66.0 Å². The Bertz CT molecular complexity index is 699. The third-order valence-corrected chi connectivity index (χ3v) is 6.31. The Labute approximate surface area is 173 Å². The predicted octanol–water partition coefficient (Wildman–Crippen LogP) is 1.53. The summed E-state index contributed by atoms with van der Waals surface area (Å²) in [4.78, 5) is 35.8. The molecule has 7 heteroatoms. The van der Waals surface area contributed by atoms with Crippen LogP contribution in [-0.2, 0) is 20.9 Å². The van der Waals surface area contributed by atoms with Crippen molar-refractivity contribution in [3.05, 3.63) is 30.1 Å². The fraction of sp³-hybridized carbons (Fsp3) is 0.682. The number of rotatable bonds is 5. The number of amides is 2. The molecule has 7 nitrogen and oxygen atoms in total. The minimum Gasteiger partial charge on any atom is -0.379 e. The van der Waals surface area contributed by atoms with Gasteiger partial charge in [0.1, 0.15) is 0 Å². The number of hydrogen-bond acceptors (Lipinski definition) is 5. The van der Waals surface area contributed by atoms with E-state index >= 15 is 0 Å². The first kappa shape index (κ1) is 20.3. The second-order valence-corrected chi connectivity index (χ2v) is 8.59. The molecule has 2 bridgehead atoms. The van der Waals surface area contributed by atoms with Gasteiger partial charge >= 0.3 is 0 Å². The molecule has 2 amide bonds. The highest BCUT2D eigenvalue weighted by Crippen LogP contribution is 2.22. The Morgan fingerprint density at radius 1 is 1.17 bits per heavy atom. The molecule has 3 fully saturated rings. The first-order valence-corrected chi connectivity index (χ1v) is 11.0. The van der Waals surface area contributed by atoms with Gasteiger partial charge in [-0.3, -0.25) is 19.5 Å². The highest BCUT2D eigenvalue weighted by molar-refractivity contribution is 5.79. The lowest BCUT2D eigenvalue weighted by atomic mass is 10.1. The molecule has 0 unspecified atom stereocenters. The van der Waals surface area contributed by atoms with E-state index in [1.165, 1.54) is 5.56 Å². The van der Waals surface area contributed by atoms with Gasteiger partial charge in [-0.2, -0.15) is 0 Å². The summed E-state index contributed by atoms with van der Waals surface area (Å²) < 4.78 is 5.89. The largest absolute Gasteiger partial charge is 0.379 e. The van der Waals surface area contributed by atoms with E-state index in [2.05, 4.69) is 16.0 Å². The first-order valence-electron chi connectivity index (χ1n) is 11.0. The van der Waals surface area contributed by atoms with Crippen LogP contribution >= 0.6 is 0 Å². The average Bonchev–Trinajstić information content (AvgIpc) is 3.10. The van der Waals surface area contributed by atoms with Crippen molar-refractivity contribution in [3.8, 4) is 0 Å². The van der Waals surface area contributed by atoms with Crippen LogP contribution in [0.1, 0.15) is 37.7 Å². The number of nitrogens with zero attached hydrogens (tertiary/aromatic N) is 4. The van der Waals surface area contributed by atoms with E-state index in [4.69, 9.17) is 4.74 Å². The number of pyridine rings is 1. The second-order valence-electron chi connectivity index (χ2n) is 8.59. The van der Waals surface area contributed by atoms with Crippen molar-refractivity contribution in [2.75, 3.05) is 45.9 Å². The highest BCUT2D eigenvalue weighted by atomic mass is 16.5. The summed E-state index contributed by atoms with van der Waals surface area (Å²) in [7, 11) is 0.